The molecule has 3 rings (SSSR count). The van der Waals surface area contributed by atoms with Crippen molar-refractivity contribution in [3.8, 4) is 5.75 Å². The summed E-state index contributed by atoms with van der Waals surface area (Å²) < 4.78 is 0. The van der Waals surface area contributed by atoms with E-state index in [0.717, 1.165) is 30.6 Å². The first-order chi connectivity index (χ1) is 9.15. The Kier molecular flexibility index (Phi) is 3.17. The van der Waals surface area contributed by atoms with Crippen molar-refractivity contribution in [3.63, 3.8) is 0 Å². The zero-order chi connectivity index (χ0) is 13.4. The Morgan fingerprint density at radius 1 is 1.21 bits per heavy atom. The van der Waals surface area contributed by atoms with Crippen LogP contribution in [0, 0.1) is 5.92 Å². The van der Waals surface area contributed by atoms with Gasteiger partial charge in [0.15, 0.2) is 0 Å². The number of hydrogen-bond acceptors (Lipinski definition) is 3. The van der Waals surface area contributed by atoms with Crippen molar-refractivity contribution >= 4 is 10.8 Å². The highest BCUT2D eigenvalue weighted by Gasteiger charge is 2.27. The molecule has 2 atom stereocenters. The smallest absolute Gasteiger partial charge is 0.120 e. The maximum absolute atomic E-state index is 10.1. The molecule has 3 heteroatoms. The Morgan fingerprint density at radius 3 is 2.74 bits per heavy atom. The van der Waals surface area contributed by atoms with Gasteiger partial charge in [-0.1, -0.05) is 37.3 Å². The van der Waals surface area contributed by atoms with Crippen LogP contribution < -0.4 is 5.73 Å². The van der Waals surface area contributed by atoms with Gasteiger partial charge in [-0.3, -0.25) is 4.90 Å². The standard InChI is InChI=1S/C16H20N2O/c1-11-8-18(10-15(11)17)9-14-13-5-3-2-4-12(13)6-7-16(14)19/h2-7,11,15,19H,8-10,17H2,1H3. The van der Waals surface area contributed by atoms with Gasteiger partial charge < -0.3 is 10.8 Å². The van der Waals surface area contributed by atoms with Gasteiger partial charge in [0.2, 0.25) is 0 Å². The predicted molar refractivity (Wildman–Crippen MR) is 78.0 cm³/mol. The van der Waals surface area contributed by atoms with Crippen LogP contribution in [0.5, 0.6) is 5.75 Å². The second-order valence-corrected chi connectivity index (χ2v) is 5.62. The largest absolute Gasteiger partial charge is 0.508 e. The molecule has 2 unspecified atom stereocenters. The van der Waals surface area contributed by atoms with E-state index in [9.17, 15) is 5.11 Å². The maximum atomic E-state index is 10.1. The van der Waals surface area contributed by atoms with Gasteiger partial charge in [0.05, 0.1) is 0 Å². The number of fused-ring (bicyclic) bond motifs is 1. The lowest BCUT2D eigenvalue weighted by Gasteiger charge is -2.18. The molecule has 3 nitrogen and oxygen atoms in total. The summed E-state index contributed by atoms with van der Waals surface area (Å²) in [5.74, 6) is 0.906. The van der Waals surface area contributed by atoms with Gasteiger partial charge >= 0.3 is 0 Å². The summed E-state index contributed by atoms with van der Waals surface area (Å²) in [7, 11) is 0. The van der Waals surface area contributed by atoms with Crippen LogP contribution in [-0.4, -0.2) is 29.1 Å². The van der Waals surface area contributed by atoms with Crippen LogP contribution >= 0.6 is 0 Å². The minimum atomic E-state index is 0.247. The molecule has 3 N–H and O–H groups in total. The van der Waals surface area contributed by atoms with Gasteiger partial charge in [-0.25, -0.2) is 0 Å². The summed E-state index contributed by atoms with van der Waals surface area (Å²) in [4.78, 5) is 2.33. The quantitative estimate of drug-likeness (QED) is 0.867. The third-order valence-corrected chi connectivity index (χ3v) is 4.14. The number of phenolic OH excluding ortho intramolecular Hbond substituents is 1. The maximum Gasteiger partial charge on any atom is 0.120 e. The van der Waals surface area contributed by atoms with E-state index in [1.165, 1.54) is 5.39 Å². The SMILES string of the molecule is CC1CN(Cc2c(O)ccc3ccccc23)CC1N. The number of rotatable bonds is 2. The molecule has 1 heterocycles. The Hall–Kier alpha value is -1.58. The topological polar surface area (TPSA) is 49.5 Å². The Balaban J connectivity index is 1.94. The second-order valence-electron chi connectivity index (χ2n) is 5.62. The first kappa shape index (κ1) is 12.5. The van der Waals surface area contributed by atoms with Crippen molar-refractivity contribution in [3.05, 3.63) is 42.0 Å². The molecule has 19 heavy (non-hydrogen) atoms. The molecular formula is C16H20N2O. The molecule has 0 radical (unpaired) electrons. The van der Waals surface area contributed by atoms with Gasteiger partial charge in [-0.15, -0.1) is 0 Å². The lowest BCUT2D eigenvalue weighted by atomic mass is 10.0. The fourth-order valence-corrected chi connectivity index (χ4v) is 2.94. The number of nitrogens with zero attached hydrogens (tertiary/aromatic N) is 1. The number of phenols is 1. The molecule has 0 amide bonds. The molecule has 1 aliphatic rings. The first-order valence-corrected chi connectivity index (χ1v) is 6.82. The highest BCUT2D eigenvalue weighted by molar-refractivity contribution is 5.87. The van der Waals surface area contributed by atoms with Gasteiger partial charge in [0.25, 0.3) is 0 Å². The summed E-state index contributed by atoms with van der Waals surface area (Å²) in [6.45, 7) is 4.87. The number of aromatic hydroxyl groups is 1. The zero-order valence-electron chi connectivity index (χ0n) is 11.2. The normalized spacial score (nSPS) is 24.1. The Labute approximate surface area is 113 Å². The van der Waals surface area contributed by atoms with Crippen LogP contribution in [0.3, 0.4) is 0 Å². The number of nitrogens with two attached hydrogens (primary N) is 1. The third-order valence-electron chi connectivity index (χ3n) is 4.14. The summed E-state index contributed by atoms with van der Waals surface area (Å²) in [5, 5.41) is 12.5. The molecule has 0 aliphatic carbocycles. The van der Waals surface area contributed by atoms with Gasteiger partial charge in [-0.05, 0) is 22.8 Å². The van der Waals surface area contributed by atoms with E-state index in [1.807, 2.05) is 18.2 Å². The number of hydrogen-bond donors (Lipinski definition) is 2. The average molecular weight is 256 g/mol. The van der Waals surface area contributed by atoms with Gasteiger partial charge in [0, 0.05) is 31.2 Å². The lowest BCUT2D eigenvalue weighted by Crippen LogP contribution is -2.28. The molecule has 100 valence electrons. The van der Waals surface area contributed by atoms with E-state index in [1.54, 1.807) is 6.07 Å². The van der Waals surface area contributed by atoms with Crippen molar-refractivity contribution in [1.29, 1.82) is 0 Å². The second kappa shape index (κ2) is 4.83. The minimum absolute atomic E-state index is 0.247. The van der Waals surface area contributed by atoms with Crippen LogP contribution in [0.15, 0.2) is 36.4 Å². The Bertz CT molecular complexity index is 586. The highest BCUT2D eigenvalue weighted by atomic mass is 16.3. The summed E-state index contributed by atoms with van der Waals surface area (Å²) in [6.07, 6.45) is 0. The molecule has 0 spiro atoms. The van der Waals surface area contributed by atoms with Crippen molar-refractivity contribution in [2.24, 2.45) is 11.7 Å². The summed E-state index contributed by atoms with van der Waals surface area (Å²) >= 11 is 0. The van der Waals surface area contributed by atoms with Crippen molar-refractivity contribution in [1.82, 2.24) is 4.90 Å². The zero-order valence-corrected chi connectivity index (χ0v) is 11.2. The molecule has 0 saturated carbocycles. The molecule has 0 bridgehead atoms. The Morgan fingerprint density at radius 2 is 2.00 bits per heavy atom. The van der Waals surface area contributed by atoms with Crippen LogP contribution in [0.25, 0.3) is 10.8 Å². The molecule has 1 fully saturated rings. The van der Waals surface area contributed by atoms with Crippen molar-refractivity contribution in [2.75, 3.05) is 13.1 Å². The number of benzene rings is 2. The van der Waals surface area contributed by atoms with Gasteiger partial charge in [0.1, 0.15) is 5.75 Å². The van der Waals surface area contributed by atoms with E-state index < -0.39 is 0 Å². The van der Waals surface area contributed by atoms with Crippen molar-refractivity contribution in [2.45, 2.75) is 19.5 Å². The van der Waals surface area contributed by atoms with Crippen LogP contribution in [0.1, 0.15) is 12.5 Å². The van der Waals surface area contributed by atoms with E-state index in [0.29, 0.717) is 11.7 Å². The first-order valence-electron chi connectivity index (χ1n) is 6.82. The molecule has 0 aromatic heterocycles. The molecular weight excluding hydrogens is 236 g/mol. The fraction of sp³-hybridized carbons (Fsp3) is 0.375. The monoisotopic (exact) mass is 256 g/mol. The highest BCUT2D eigenvalue weighted by Crippen LogP contribution is 2.29. The van der Waals surface area contributed by atoms with E-state index in [-0.39, 0.29) is 6.04 Å². The molecule has 2 aromatic rings. The minimum Gasteiger partial charge on any atom is -0.508 e. The summed E-state index contributed by atoms with van der Waals surface area (Å²) in [6, 6.07) is 12.2. The van der Waals surface area contributed by atoms with E-state index >= 15 is 0 Å². The third kappa shape index (κ3) is 2.31. The fourth-order valence-electron chi connectivity index (χ4n) is 2.94. The summed E-state index contributed by atoms with van der Waals surface area (Å²) in [5.41, 5.74) is 7.08. The molecule has 2 aromatic carbocycles. The van der Waals surface area contributed by atoms with Crippen LogP contribution in [0.2, 0.25) is 0 Å². The lowest BCUT2D eigenvalue weighted by molar-refractivity contribution is 0.314. The predicted octanol–water partition coefficient (Wildman–Crippen LogP) is 2.32. The number of likely N-dealkylation sites (tertiary alicyclic amines) is 1. The molecule has 1 saturated heterocycles. The van der Waals surface area contributed by atoms with Crippen molar-refractivity contribution < 1.29 is 5.11 Å². The van der Waals surface area contributed by atoms with E-state index in [2.05, 4.69) is 24.0 Å². The van der Waals surface area contributed by atoms with Gasteiger partial charge in [-0.2, -0.15) is 0 Å². The molecule has 1 aliphatic heterocycles. The average Bonchev–Trinajstić information content (AvgIpc) is 2.72. The van der Waals surface area contributed by atoms with Crippen LogP contribution in [0.4, 0.5) is 0 Å². The van der Waals surface area contributed by atoms with Crippen LogP contribution in [-0.2, 0) is 6.54 Å². The van der Waals surface area contributed by atoms with E-state index in [4.69, 9.17) is 5.73 Å².